The Bertz CT molecular complexity index is 668. The molecular weight excluding hydrogens is 338 g/mol. The van der Waals surface area contributed by atoms with Gasteiger partial charge in [0.25, 0.3) is 0 Å². The summed E-state index contributed by atoms with van der Waals surface area (Å²) in [5, 5.41) is 0. The number of nitrogens with zero attached hydrogens (tertiary/aromatic N) is 1. The normalized spacial score (nSPS) is 18.9. The summed E-state index contributed by atoms with van der Waals surface area (Å²) in [6, 6.07) is 9.00. The fraction of sp³-hybridized carbons (Fsp3) is 0.474. The van der Waals surface area contributed by atoms with Gasteiger partial charge in [-0.25, -0.2) is 9.59 Å². The molecule has 0 saturated carbocycles. The molecule has 140 valence electrons. The van der Waals surface area contributed by atoms with Gasteiger partial charge in [0.05, 0.1) is 26.9 Å². The van der Waals surface area contributed by atoms with Gasteiger partial charge in [0.2, 0.25) is 5.91 Å². The van der Waals surface area contributed by atoms with Crippen LogP contribution in [-0.2, 0) is 35.2 Å². The van der Waals surface area contributed by atoms with Crippen LogP contribution in [0, 0.1) is 0 Å². The van der Waals surface area contributed by atoms with Gasteiger partial charge in [-0.15, -0.1) is 0 Å². The minimum Gasteiger partial charge on any atom is -0.490 e. The molecule has 0 spiro atoms. The number of likely N-dealkylation sites (tertiary alicyclic amines) is 1. The van der Waals surface area contributed by atoms with Gasteiger partial charge >= 0.3 is 5.97 Å². The highest BCUT2D eigenvalue weighted by Gasteiger charge is 2.40. The molecule has 1 saturated heterocycles. The van der Waals surface area contributed by atoms with Crippen molar-refractivity contribution in [1.82, 2.24) is 4.90 Å². The number of rotatable bonds is 8. The average Bonchev–Trinajstić information content (AvgIpc) is 3.11. The van der Waals surface area contributed by atoms with Crippen molar-refractivity contribution in [3.63, 3.8) is 0 Å². The van der Waals surface area contributed by atoms with Crippen LogP contribution in [0.4, 0.5) is 0 Å². The van der Waals surface area contributed by atoms with Crippen molar-refractivity contribution in [2.24, 2.45) is 0 Å². The van der Waals surface area contributed by atoms with E-state index < -0.39 is 12.0 Å². The van der Waals surface area contributed by atoms with Crippen molar-refractivity contribution < 1.29 is 28.6 Å². The Hall–Kier alpha value is -2.63. The number of carbonyl (C=O) groups excluding carboxylic acids is 3. The number of allylic oxidation sites excluding steroid dienone is 1. The quantitative estimate of drug-likeness (QED) is 0.396. The van der Waals surface area contributed by atoms with E-state index in [1.165, 1.54) is 19.1 Å². The molecule has 0 aromatic heterocycles. The molecular formula is C19H23NO6. The fourth-order valence-electron chi connectivity index (χ4n) is 2.90. The van der Waals surface area contributed by atoms with Crippen LogP contribution in [0.2, 0.25) is 0 Å². The van der Waals surface area contributed by atoms with Gasteiger partial charge in [-0.3, -0.25) is 4.79 Å². The van der Waals surface area contributed by atoms with E-state index in [0.29, 0.717) is 19.6 Å². The van der Waals surface area contributed by atoms with Crippen molar-refractivity contribution in [3.8, 4) is 0 Å². The summed E-state index contributed by atoms with van der Waals surface area (Å²) in [4.78, 5) is 36.6. The summed E-state index contributed by atoms with van der Waals surface area (Å²) in [5.74, 6) is 0.997. The molecule has 0 radical (unpaired) electrons. The van der Waals surface area contributed by atoms with Crippen LogP contribution in [0.1, 0.15) is 24.8 Å². The standard InChI is InChI=1S/C19H23NO6/c1-24-15(12-21)8-9-18(22)20-11-16(10-17(20)19(23)25-2)26-13-14-6-4-3-5-7-14/h3-7,16-17H,8-11,13H2,1-2H3/t16?,17-/m0/s1. The topological polar surface area (TPSA) is 82.1 Å². The zero-order valence-corrected chi connectivity index (χ0v) is 15.0. The number of methoxy groups -OCH3 is 2. The Morgan fingerprint density at radius 3 is 2.50 bits per heavy atom. The lowest BCUT2D eigenvalue weighted by Crippen LogP contribution is -2.41. The van der Waals surface area contributed by atoms with E-state index in [0.717, 1.165) is 5.56 Å². The van der Waals surface area contributed by atoms with Gasteiger partial charge in [-0.1, -0.05) is 30.3 Å². The highest BCUT2D eigenvalue weighted by atomic mass is 16.5. The monoisotopic (exact) mass is 361 g/mol. The predicted molar refractivity (Wildman–Crippen MR) is 92.6 cm³/mol. The van der Waals surface area contributed by atoms with Crippen LogP contribution in [0.5, 0.6) is 0 Å². The van der Waals surface area contributed by atoms with Crippen LogP contribution < -0.4 is 0 Å². The second-order valence-corrected chi connectivity index (χ2v) is 5.97. The summed E-state index contributed by atoms with van der Waals surface area (Å²) in [7, 11) is 2.65. The molecule has 0 aliphatic carbocycles. The van der Waals surface area contributed by atoms with E-state index in [2.05, 4.69) is 0 Å². The molecule has 0 bridgehead atoms. The second-order valence-electron chi connectivity index (χ2n) is 5.97. The largest absolute Gasteiger partial charge is 0.490 e. The van der Waals surface area contributed by atoms with Crippen molar-refractivity contribution in [1.29, 1.82) is 0 Å². The van der Waals surface area contributed by atoms with Crippen molar-refractivity contribution in [2.75, 3.05) is 20.8 Å². The van der Waals surface area contributed by atoms with Crippen molar-refractivity contribution >= 4 is 17.8 Å². The Kier molecular flexibility index (Phi) is 7.38. The summed E-state index contributed by atoms with van der Waals surface area (Å²) in [5.41, 5.74) is 1.02. The maximum absolute atomic E-state index is 12.5. The van der Waals surface area contributed by atoms with Crippen molar-refractivity contribution in [3.05, 3.63) is 41.7 Å². The van der Waals surface area contributed by atoms with Crippen LogP contribution >= 0.6 is 0 Å². The lowest BCUT2D eigenvalue weighted by molar-refractivity contribution is -0.151. The number of esters is 1. The molecule has 1 amide bonds. The number of ether oxygens (including phenoxy) is 3. The lowest BCUT2D eigenvalue weighted by atomic mass is 10.2. The third kappa shape index (κ3) is 5.18. The number of amides is 1. The smallest absolute Gasteiger partial charge is 0.328 e. The molecule has 1 unspecified atom stereocenters. The molecule has 2 atom stereocenters. The number of hydrogen-bond acceptors (Lipinski definition) is 6. The van der Waals surface area contributed by atoms with Gasteiger partial charge in [-0.2, -0.15) is 0 Å². The molecule has 1 aliphatic rings. The van der Waals surface area contributed by atoms with Crippen LogP contribution in [0.25, 0.3) is 0 Å². The van der Waals surface area contributed by atoms with Gasteiger partial charge in [0.15, 0.2) is 11.7 Å². The highest BCUT2D eigenvalue weighted by Crippen LogP contribution is 2.24. The first-order valence-corrected chi connectivity index (χ1v) is 8.39. The van der Waals surface area contributed by atoms with E-state index in [-0.39, 0.29) is 30.6 Å². The maximum atomic E-state index is 12.5. The van der Waals surface area contributed by atoms with E-state index in [4.69, 9.17) is 14.2 Å². The second kappa shape index (κ2) is 9.75. The van der Waals surface area contributed by atoms with Crippen LogP contribution in [0.3, 0.4) is 0 Å². The predicted octanol–water partition coefficient (Wildman–Crippen LogP) is 1.49. The first-order chi connectivity index (χ1) is 12.6. The van der Waals surface area contributed by atoms with Gasteiger partial charge in [0, 0.05) is 25.8 Å². The molecule has 7 nitrogen and oxygen atoms in total. The molecule has 2 rings (SSSR count). The van der Waals surface area contributed by atoms with Crippen LogP contribution in [-0.4, -0.2) is 55.6 Å². The first kappa shape index (κ1) is 19.7. The third-order valence-electron chi connectivity index (χ3n) is 4.31. The maximum Gasteiger partial charge on any atom is 0.328 e. The molecule has 7 heteroatoms. The summed E-state index contributed by atoms with van der Waals surface area (Å²) in [6.45, 7) is 0.710. The van der Waals surface area contributed by atoms with Gasteiger partial charge < -0.3 is 19.1 Å². The fourth-order valence-corrected chi connectivity index (χ4v) is 2.90. The van der Waals surface area contributed by atoms with E-state index in [1.54, 1.807) is 5.94 Å². The van der Waals surface area contributed by atoms with Crippen molar-refractivity contribution in [2.45, 2.75) is 38.0 Å². The zero-order valence-electron chi connectivity index (χ0n) is 15.0. The molecule has 1 aromatic rings. The Balaban J connectivity index is 1.97. The molecule has 1 fully saturated rings. The minimum atomic E-state index is -0.681. The highest BCUT2D eigenvalue weighted by molar-refractivity contribution is 5.85. The number of carbonyl (C=O) groups is 2. The lowest BCUT2D eigenvalue weighted by Gasteiger charge is -2.22. The SMILES string of the molecule is COC(=O)[C@@H]1CC(OCc2ccccc2)CN1C(=O)CCC(=C=O)OC. The molecule has 26 heavy (non-hydrogen) atoms. The summed E-state index contributed by atoms with van der Waals surface area (Å²) in [6.07, 6.45) is 0.314. The Morgan fingerprint density at radius 1 is 1.15 bits per heavy atom. The Morgan fingerprint density at radius 2 is 1.88 bits per heavy atom. The third-order valence-corrected chi connectivity index (χ3v) is 4.31. The van der Waals surface area contributed by atoms with Gasteiger partial charge in [-0.05, 0) is 5.56 Å². The molecule has 0 N–H and O–H groups in total. The van der Waals surface area contributed by atoms with Gasteiger partial charge in [0.1, 0.15) is 6.04 Å². The first-order valence-electron chi connectivity index (χ1n) is 8.39. The zero-order chi connectivity index (χ0) is 18.9. The van der Waals surface area contributed by atoms with E-state index >= 15 is 0 Å². The average molecular weight is 361 g/mol. The molecule has 1 aliphatic heterocycles. The number of hydrogen-bond donors (Lipinski definition) is 0. The summed E-state index contributed by atoms with van der Waals surface area (Å²) < 4.78 is 15.5. The molecule has 1 heterocycles. The number of benzene rings is 1. The molecule has 1 aromatic carbocycles. The summed E-state index contributed by atoms with van der Waals surface area (Å²) >= 11 is 0. The Labute approximate surface area is 152 Å². The van der Waals surface area contributed by atoms with E-state index in [1.807, 2.05) is 30.3 Å². The van der Waals surface area contributed by atoms with Crippen LogP contribution in [0.15, 0.2) is 36.1 Å². The minimum absolute atomic E-state index is 0.0529. The van der Waals surface area contributed by atoms with E-state index in [9.17, 15) is 14.4 Å².